The molecule has 0 unspecified atom stereocenters. The molecule has 0 aromatic carbocycles. The van der Waals surface area contributed by atoms with Gasteiger partial charge >= 0.3 is 0 Å². The summed E-state index contributed by atoms with van der Waals surface area (Å²) in [5.74, 6) is 0.170. The Bertz CT molecular complexity index is 606. The minimum atomic E-state index is 0.170. The van der Waals surface area contributed by atoms with Crippen LogP contribution in [0.25, 0.3) is 0 Å². The number of carbonyl (C=O) groups is 1. The average molecular weight is 319 g/mol. The van der Waals surface area contributed by atoms with Gasteiger partial charge in [0.15, 0.2) is 0 Å². The first-order valence-corrected chi connectivity index (χ1v) is 8.96. The molecule has 1 fully saturated rings. The van der Waals surface area contributed by atoms with E-state index < -0.39 is 0 Å². The van der Waals surface area contributed by atoms with E-state index in [-0.39, 0.29) is 5.91 Å². The number of amides is 1. The van der Waals surface area contributed by atoms with Crippen LogP contribution in [-0.4, -0.2) is 48.2 Å². The summed E-state index contributed by atoms with van der Waals surface area (Å²) in [4.78, 5) is 22.8. The van der Waals surface area contributed by atoms with Crippen molar-refractivity contribution in [2.45, 2.75) is 4.90 Å². The Morgan fingerprint density at radius 1 is 1.19 bits per heavy atom. The second kappa shape index (κ2) is 6.49. The number of thiophene rings is 1. The molecule has 0 spiro atoms. The zero-order valence-corrected chi connectivity index (χ0v) is 13.5. The van der Waals surface area contributed by atoms with Crippen LogP contribution in [0.5, 0.6) is 0 Å². The third-order valence-corrected chi connectivity index (χ3v) is 5.45. The summed E-state index contributed by atoms with van der Waals surface area (Å²) in [6.07, 6.45) is 5.63. The number of pyridine rings is 1. The van der Waals surface area contributed by atoms with Crippen molar-refractivity contribution in [1.29, 1.82) is 0 Å². The van der Waals surface area contributed by atoms with Crippen LogP contribution in [-0.2, 0) is 0 Å². The molecule has 3 heterocycles. The summed E-state index contributed by atoms with van der Waals surface area (Å²) in [5.41, 5.74) is 1.18. The summed E-state index contributed by atoms with van der Waals surface area (Å²) >= 11 is 3.18. The van der Waals surface area contributed by atoms with Crippen molar-refractivity contribution in [1.82, 2.24) is 9.88 Å². The van der Waals surface area contributed by atoms with Gasteiger partial charge in [-0.05, 0) is 29.8 Å². The van der Waals surface area contributed by atoms with E-state index in [2.05, 4.69) is 9.88 Å². The molecule has 3 rings (SSSR count). The third kappa shape index (κ3) is 3.06. The first-order valence-electron chi connectivity index (χ1n) is 6.85. The molecule has 21 heavy (non-hydrogen) atoms. The number of carbonyl (C=O) groups excluding carboxylic acids is 1. The molecule has 0 aliphatic carbocycles. The van der Waals surface area contributed by atoms with Crippen molar-refractivity contribution < 1.29 is 4.79 Å². The van der Waals surface area contributed by atoms with Gasteiger partial charge in [0.1, 0.15) is 4.88 Å². The van der Waals surface area contributed by atoms with E-state index in [1.807, 2.05) is 47.1 Å². The largest absolute Gasteiger partial charge is 0.368 e. The lowest BCUT2D eigenvalue weighted by atomic mass is 10.2. The molecule has 110 valence electrons. The maximum absolute atomic E-state index is 12.6. The number of anilines is 1. The number of piperazine rings is 1. The normalized spacial score (nSPS) is 15.3. The van der Waals surface area contributed by atoms with Gasteiger partial charge < -0.3 is 9.80 Å². The van der Waals surface area contributed by atoms with Crippen LogP contribution in [0.2, 0.25) is 0 Å². The number of nitrogens with zero attached hydrogens (tertiary/aromatic N) is 3. The molecule has 0 saturated carbocycles. The molecular weight excluding hydrogens is 302 g/mol. The number of hydrogen-bond acceptors (Lipinski definition) is 5. The van der Waals surface area contributed by atoms with Gasteiger partial charge in [-0.1, -0.05) is 0 Å². The second-order valence-electron chi connectivity index (χ2n) is 4.80. The predicted octanol–water partition coefficient (Wildman–Crippen LogP) is 2.83. The molecule has 0 N–H and O–H groups in total. The Balaban J connectivity index is 1.65. The van der Waals surface area contributed by atoms with Crippen LogP contribution in [0.4, 0.5) is 5.69 Å². The van der Waals surface area contributed by atoms with Gasteiger partial charge in [0.2, 0.25) is 0 Å². The fraction of sp³-hybridized carbons (Fsp3) is 0.333. The molecule has 0 bridgehead atoms. The summed E-state index contributed by atoms with van der Waals surface area (Å²) in [5, 5.41) is 1.99. The zero-order chi connectivity index (χ0) is 14.7. The molecule has 6 heteroatoms. The van der Waals surface area contributed by atoms with Crippen LogP contribution in [0, 0.1) is 0 Å². The Hall–Kier alpha value is -1.53. The smallest absolute Gasteiger partial charge is 0.265 e. The van der Waals surface area contributed by atoms with Crippen LogP contribution in [0.1, 0.15) is 9.67 Å². The third-order valence-electron chi connectivity index (χ3n) is 3.64. The average Bonchev–Trinajstić information content (AvgIpc) is 3.04. The van der Waals surface area contributed by atoms with Crippen molar-refractivity contribution in [3.63, 3.8) is 0 Å². The molecule has 1 aliphatic rings. The summed E-state index contributed by atoms with van der Waals surface area (Å²) in [7, 11) is 0. The quantitative estimate of drug-likeness (QED) is 0.815. The first kappa shape index (κ1) is 14.4. The molecule has 4 nitrogen and oxygen atoms in total. The highest BCUT2D eigenvalue weighted by atomic mass is 32.2. The van der Waals surface area contributed by atoms with Gasteiger partial charge in [-0.2, -0.15) is 0 Å². The summed E-state index contributed by atoms with van der Waals surface area (Å²) in [6, 6.07) is 6.06. The minimum Gasteiger partial charge on any atom is -0.368 e. The van der Waals surface area contributed by atoms with Gasteiger partial charge in [-0.3, -0.25) is 9.78 Å². The zero-order valence-electron chi connectivity index (χ0n) is 11.9. The van der Waals surface area contributed by atoms with E-state index in [0.29, 0.717) is 0 Å². The topological polar surface area (TPSA) is 36.4 Å². The van der Waals surface area contributed by atoms with Gasteiger partial charge in [0, 0.05) is 49.2 Å². The van der Waals surface area contributed by atoms with Gasteiger partial charge in [0.25, 0.3) is 5.91 Å². The Labute approximate surface area is 132 Å². The SMILES string of the molecule is CSc1ccsc1C(=O)N1CCN(c2ccncc2)CC1. The molecule has 2 aromatic heterocycles. The lowest BCUT2D eigenvalue weighted by molar-refractivity contribution is 0.0748. The molecule has 2 aromatic rings. The molecular formula is C15H17N3OS2. The van der Waals surface area contributed by atoms with Gasteiger partial charge in [0.05, 0.1) is 0 Å². The Morgan fingerprint density at radius 2 is 1.90 bits per heavy atom. The van der Waals surface area contributed by atoms with E-state index in [4.69, 9.17) is 0 Å². The van der Waals surface area contributed by atoms with Gasteiger partial charge in [-0.25, -0.2) is 0 Å². The number of rotatable bonds is 3. The van der Waals surface area contributed by atoms with Crippen molar-refractivity contribution in [3.8, 4) is 0 Å². The lowest BCUT2D eigenvalue weighted by Gasteiger charge is -2.36. The molecule has 0 atom stereocenters. The summed E-state index contributed by atoms with van der Waals surface area (Å²) < 4.78 is 0. The Morgan fingerprint density at radius 3 is 2.57 bits per heavy atom. The highest BCUT2D eigenvalue weighted by Gasteiger charge is 2.24. The second-order valence-corrected chi connectivity index (χ2v) is 6.57. The number of aromatic nitrogens is 1. The Kier molecular flexibility index (Phi) is 4.45. The van der Waals surface area contributed by atoms with Crippen molar-refractivity contribution in [2.75, 3.05) is 37.3 Å². The molecule has 1 amide bonds. The van der Waals surface area contributed by atoms with Crippen LogP contribution in [0.3, 0.4) is 0 Å². The predicted molar refractivity (Wildman–Crippen MR) is 88.5 cm³/mol. The molecule has 1 aliphatic heterocycles. The minimum absolute atomic E-state index is 0.170. The number of hydrogen-bond donors (Lipinski definition) is 0. The van der Waals surface area contributed by atoms with E-state index in [9.17, 15) is 4.79 Å². The van der Waals surface area contributed by atoms with E-state index in [0.717, 1.165) is 36.0 Å². The monoisotopic (exact) mass is 319 g/mol. The molecule has 0 radical (unpaired) electrons. The van der Waals surface area contributed by atoms with E-state index >= 15 is 0 Å². The van der Waals surface area contributed by atoms with Crippen LogP contribution >= 0.6 is 23.1 Å². The number of thioether (sulfide) groups is 1. The van der Waals surface area contributed by atoms with E-state index in [1.165, 1.54) is 17.0 Å². The van der Waals surface area contributed by atoms with Crippen LogP contribution in [0.15, 0.2) is 40.9 Å². The fourth-order valence-electron chi connectivity index (χ4n) is 2.48. The first-order chi connectivity index (χ1) is 10.3. The fourth-order valence-corrected chi connectivity index (χ4v) is 4.19. The highest BCUT2D eigenvalue weighted by Crippen LogP contribution is 2.27. The maximum Gasteiger partial charge on any atom is 0.265 e. The summed E-state index contributed by atoms with van der Waals surface area (Å²) in [6.45, 7) is 3.28. The standard InChI is InChI=1S/C15H17N3OS2/c1-20-13-4-11-21-14(13)15(19)18-9-7-17(8-10-18)12-2-5-16-6-3-12/h2-6,11H,7-10H2,1H3. The van der Waals surface area contributed by atoms with Crippen molar-refractivity contribution >= 4 is 34.7 Å². The highest BCUT2D eigenvalue weighted by molar-refractivity contribution is 7.98. The lowest BCUT2D eigenvalue weighted by Crippen LogP contribution is -2.48. The van der Waals surface area contributed by atoms with Crippen molar-refractivity contribution in [2.24, 2.45) is 0 Å². The maximum atomic E-state index is 12.6. The van der Waals surface area contributed by atoms with E-state index in [1.54, 1.807) is 11.8 Å². The van der Waals surface area contributed by atoms with Crippen molar-refractivity contribution in [3.05, 3.63) is 40.8 Å². The van der Waals surface area contributed by atoms with Crippen LogP contribution < -0.4 is 4.90 Å². The van der Waals surface area contributed by atoms with Gasteiger partial charge in [-0.15, -0.1) is 23.1 Å². The molecule has 1 saturated heterocycles.